The molecule has 3 aromatic rings. The SMILES string of the molecule is COc1ccc(Cl)cc1CN(C)C(=O)c1nn(-c2ccc(F)c(F)c2)c2c1CCC2. The highest BCUT2D eigenvalue weighted by molar-refractivity contribution is 6.30. The van der Waals surface area contributed by atoms with Crippen LogP contribution in [0.15, 0.2) is 36.4 Å². The fourth-order valence-corrected chi connectivity index (χ4v) is 4.01. The van der Waals surface area contributed by atoms with Gasteiger partial charge in [0, 0.05) is 41.5 Å². The molecule has 1 amide bonds. The number of rotatable bonds is 5. The lowest BCUT2D eigenvalue weighted by Crippen LogP contribution is -2.27. The second-order valence-electron chi connectivity index (χ2n) is 7.26. The first-order chi connectivity index (χ1) is 14.4. The van der Waals surface area contributed by atoms with Crippen LogP contribution >= 0.6 is 11.6 Å². The number of hydrogen-bond acceptors (Lipinski definition) is 3. The van der Waals surface area contributed by atoms with E-state index >= 15 is 0 Å². The van der Waals surface area contributed by atoms with E-state index in [1.54, 1.807) is 41.9 Å². The van der Waals surface area contributed by atoms with Crippen LogP contribution < -0.4 is 4.74 Å². The molecule has 2 aromatic carbocycles. The predicted molar refractivity (Wildman–Crippen MR) is 109 cm³/mol. The highest BCUT2D eigenvalue weighted by Crippen LogP contribution is 2.30. The predicted octanol–water partition coefficient (Wildman–Crippen LogP) is 4.57. The summed E-state index contributed by atoms with van der Waals surface area (Å²) in [7, 11) is 3.24. The lowest BCUT2D eigenvalue weighted by molar-refractivity contribution is 0.0777. The van der Waals surface area contributed by atoms with Crippen molar-refractivity contribution in [2.24, 2.45) is 0 Å². The van der Waals surface area contributed by atoms with E-state index in [0.717, 1.165) is 41.8 Å². The maximum absolute atomic E-state index is 13.7. The highest BCUT2D eigenvalue weighted by Gasteiger charge is 2.29. The average Bonchev–Trinajstić information content (AvgIpc) is 3.32. The van der Waals surface area contributed by atoms with Gasteiger partial charge in [-0.3, -0.25) is 4.79 Å². The average molecular weight is 432 g/mol. The van der Waals surface area contributed by atoms with Gasteiger partial charge in [-0.05, 0) is 49.6 Å². The molecule has 0 unspecified atom stereocenters. The number of benzene rings is 2. The molecule has 4 rings (SSSR count). The van der Waals surface area contributed by atoms with Crippen molar-refractivity contribution in [2.45, 2.75) is 25.8 Å². The molecule has 0 bridgehead atoms. The summed E-state index contributed by atoms with van der Waals surface area (Å²) in [4.78, 5) is 14.7. The number of nitrogens with zero attached hydrogens (tertiary/aromatic N) is 3. The van der Waals surface area contributed by atoms with Crippen LogP contribution in [0.5, 0.6) is 5.75 Å². The van der Waals surface area contributed by atoms with Crippen molar-refractivity contribution in [1.82, 2.24) is 14.7 Å². The Morgan fingerprint density at radius 1 is 1.20 bits per heavy atom. The molecule has 156 valence electrons. The number of methoxy groups -OCH3 is 1. The summed E-state index contributed by atoms with van der Waals surface area (Å²) in [5, 5.41) is 5.03. The Labute approximate surface area is 177 Å². The van der Waals surface area contributed by atoms with E-state index in [4.69, 9.17) is 16.3 Å². The summed E-state index contributed by atoms with van der Waals surface area (Å²) in [5.74, 6) is -1.49. The van der Waals surface area contributed by atoms with E-state index in [1.165, 1.54) is 6.07 Å². The zero-order valence-corrected chi connectivity index (χ0v) is 17.3. The first-order valence-corrected chi connectivity index (χ1v) is 9.91. The van der Waals surface area contributed by atoms with Crippen LogP contribution in [0.1, 0.15) is 33.7 Å². The molecule has 0 saturated carbocycles. The number of ether oxygens (including phenoxy) is 1. The number of hydrogen-bond donors (Lipinski definition) is 0. The van der Waals surface area contributed by atoms with E-state index in [1.807, 2.05) is 0 Å². The van der Waals surface area contributed by atoms with Crippen LogP contribution in [-0.4, -0.2) is 34.7 Å². The molecule has 0 spiro atoms. The molecule has 0 fully saturated rings. The first-order valence-electron chi connectivity index (χ1n) is 9.53. The topological polar surface area (TPSA) is 47.4 Å². The van der Waals surface area contributed by atoms with Crippen LogP contribution in [0, 0.1) is 11.6 Å². The monoisotopic (exact) mass is 431 g/mol. The largest absolute Gasteiger partial charge is 0.496 e. The summed E-state index contributed by atoms with van der Waals surface area (Å²) in [6.45, 7) is 0.287. The number of fused-ring (bicyclic) bond motifs is 1. The van der Waals surface area contributed by atoms with Gasteiger partial charge in [-0.1, -0.05) is 11.6 Å². The van der Waals surface area contributed by atoms with Crippen molar-refractivity contribution in [3.05, 3.63) is 75.6 Å². The van der Waals surface area contributed by atoms with Gasteiger partial charge in [-0.25, -0.2) is 13.5 Å². The highest BCUT2D eigenvalue weighted by atomic mass is 35.5. The summed E-state index contributed by atoms with van der Waals surface area (Å²) in [6, 6.07) is 8.85. The van der Waals surface area contributed by atoms with Crippen molar-refractivity contribution >= 4 is 17.5 Å². The van der Waals surface area contributed by atoms with Gasteiger partial charge in [0.1, 0.15) is 5.75 Å². The maximum Gasteiger partial charge on any atom is 0.274 e. The van der Waals surface area contributed by atoms with Gasteiger partial charge in [-0.2, -0.15) is 5.10 Å². The number of amides is 1. The Kier molecular flexibility index (Phi) is 5.47. The number of carbonyl (C=O) groups is 1. The zero-order valence-electron chi connectivity index (χ0n) is 16.6. The molecule has 30 heavy (non-hydrogen) atoms. The molecule has 1 heterocycles. The molecule has 1 aliphatic rings. The van der Waals surface area contributed by atoms with Crippen molar-refractivity contribution in [1.29, 1.82) is 0 Å². The Morgan fingerprint density at radius 3 is 2.73 bits per heavy atom. The molecule has 5 nitrogen and oxygen atoms in total. The third-order valence-electron chi connectivity index (χ3n) is 5.28. The number of carbonyl (C=O) groups excluding carboxylic acids is 1. The van der Waals surface area contributed by atoms with Gasteiger partial charge in [0.25, 0.3) is 5.91 Å². The normalized spacial score (nSPS) is 12.7. The quantitative estimate of drug-likeness (QED) is 0.594. The fourth-order valence-electron chi connectivity index (χ4n) is 3.82. The van der Waals surface area contributed by atoms with Crippen molar-refractivity contribution < 1.29 is 18.3 Å². The Morgan fingerprint density at radius 2 is 2.00 bits per heavy atom. The first kappa shape index (κ1) is 20.3. The molecule has 0 atom stereocenters. The van der Waals surface area contributed by atoms with E-state index in [-0.39, 0.29) is 12.5 Å². The van der Waals surface area contributed by atoms with Crippen molar-refractivity contribution in [3.8, 4) is 11.4 Å². The van der Waals surface area contributed by atoms with E-state index in [2.05, 4.69) is 5.10 Å². The molecule has 8 heteroatoms. The van der Waals surface area contributed by atoms with Gasteiger partial charge in [0.05, 0.1) is 12.8 Å². The van der Waals surface area contributed by atoms with Crippen molar-refractivity contribution in [2.75, 3.05) is 14.2 Å². The van der Waals surface area contributed by atoms with Gasteiger partial charge in [0.15, 0.2) is 17.3 Å². The molecule has 0 radical (unpaired) electrons. The molecular formula is C22H20ClF2N3O2. The number of halogens is 3. The smallest absolute Gasteiger partial charge is 0.274 e. The molecular weight excluding hydrogens is 412 g/mol. The summed E-state index contributed by atoms with van der Waals surface area (Å²) >= 11 is 6.09. The van der Waals surface area contributed by atoms with Crippen LogP contribution in [0.3, 0.4) is 0 Å². The summed E-state index contributed by atoms with van der Waals surface area (Å²) in [6.07, 6.45) is 2.32. The van der Waals surface area contributed by atoms with E-state index in [0.29, 0.717) is 28.6 Å². The van der Waals surface area contributed by atoms with Gasteiger partial charge in [-0.15, -0.1) is 0 Å². The third-order valence-corrected chi connectivity index (χ3v) is 5.51. The van der Waals surface area contributed by atoms with Crippen LogP contribution in [-0.2, 0) is 19.4 Å². The Bertz CT molecular complexity index is 1130. The van der Waals surface area contributed by atoms with Crippen molar-refractivity contribution in [3.63, 3.8) is 0 Å². The molecule has 0 saturated heterocycles. The van der Waals surface area contributed by atoms with E-state index in [9.17, 15) is 13.6 Å². The van der Waals surface area contributed by atoms with Gasteiger partial charge in [0.2, 0.25) is 0 Å². The van der Waals surface area contributed by atoms with Gasteiger partial charge < -0.3 is 9.64 Å². The standard InChI is InChI=1S/C22H20ClF2N3O2/c1-27(12-13-10-14(23)6-9-20(13)30-2)22(29)21-16-4-3-5-19(16)28(26-21)15-7-8-17(24)18(25)11-15/h6-11H,3-5,12H2,1-2H3. The Hall–Kier alpha value is -2.93. The van der Waals surface area contributed by atoms with Crippen LogP contribution in [0.4, 0.5) is 8.78 Å². The minimum absolute atomic E-state index is 0.253. The van der Waals surface area contributed by atoms with Gasteiger partial charge >= 0.3 is 0 Å². The molecule has 1 aromatic heterocycles. The second-order valence-corrected chi connectivity index (χ2v) is 7.69. The Balaban J connectivity index is 1.66. The fraction of sp³-hybridized carbons (Fsp3) is 0.273. The maximum atomic E-state index is 13.7. The summed E-state index contributed by atoms with van der Waals surface area (Å²) < 4.78 is 34.0. The zero-order chi connectivity index (χ0) is 21.4. The van der Waals surface area contributed by atoms with E-state index < -0.39 is 11.6 Å². The van der Waals surface area contributed by atoms with Crippen LogP contribution in [0.25, 0.3) is 5.69 Å². The minimum Gasteiger partial charge on any atom is -0.496 e. The lowest BCUT2D eigenvalue weighted by atomic mass is 10.1. The third kappa shape index (κ3) is 3.65. The molecule has 1 aliphatic carbocycles. The second kappa shape index (κ2) is 8.07. The molecule has 0 N–H and O–H groups in total. The summed E-state index contributed by atoms with van der Waals surface area (Å²) in [5.41, 5.74) is 3.21. The number of aromatic nitrogens is 2. The molecule has 0 aliphatic heterocycles. The lowest BCUT2D eigenvalue weighted by Gasteiger charge is -2.18. The minimum atomic E-state index is -0.951. The van der Waals surface area contributed by atoms with Crippen LogP contribution in [0.2, 0.25) is 5.02 Å².